The highest BCUT2D eigenvalue weighted by atomic mass is 35.5. The molecule has 0 saturated carbocycles. The number of rotatable bonds is 4. The predicted molar refractivity (Wildman–Crippen MR) is 62.6 cm³/mol. The summed E-state index contributed by atoms with van der Waals surface area (Å²) in [6.45, 7) is 6.41. The second-order valence-corrected chi connectivity index (χ2v) is 4.95. The molecule has 0 aliphatic rings. The Morgan fingerprint density at radius 1 is 1.40 bits per heavy atom. The summed E-state index contributed by atoms with van der Waals surface area (Å²) >= 11 is 5.98. The standard InChI is InChI=1S/C12H17ClO2/c1-9-4-5-10(13)11(6-9)15-8-12(2,3)7-14/h4-6,14H,7-8H2,1-3H3. The van der Waals surface area contributed by atoms with E-state index in [9.17, 15) is 0 Å². The van der Waals surface area contributed by atoms with Crippen LogP contribution in [0.2, 0.25) is 5.02 Å². The summed E-state index contributed by atoms with van der Waals surface area (Å²) < 4.78 is 5.58. The minimum absolute atomic E-state index is 0.0937. The van der Waals surface area contributed by atoms with Crippen molar-refractivity contribution >= 4 is 11.6 Å². The SMILES string of the molecule is Cc1ccc(Cl)c(OCC(C)(C)CO)c1. The van der Waals surface area contributed by atoms with Crippen LogP contribution >= 0.6 is 11.6 Å². The lowest BCUT2D eigenvalue weighted by Crippen LogP contribution is -2.25. The van der Waals surface area contributed by atoms with Gasteiger partial charge in [-0.15, -0.1) is 0 Å². The molecule has 0 radical (unpaired) electrons. The number of ether oxygens (including phenoxy) is 1. The van der Waals surface area contributed by atoms with Gasteiger partial charge in [-0.3, -0.25) is 0 Å². The highest BCUT2D eigenvalue weighted by molar-refractivity contribution is 6.32. The van der Waals surface area contributed by atoms with Gasteiger partial charge in [0, 0.05) is 5.41 Å². The van der Waals surface area contributed by atoms with Gasteiger partial charge in [0.2, 0.25) is 0 Å². The fourth-order valence-electron chi connectivity index (χ4n) is 1.04. The maximum absolute atomic E-state index is 9.08. The largest absolute Gasteiger partial charge is 0.491 e. The topological polar surface area (TPSA) is 29.5 Å². The first kappa shape index (κ1) is 12.3. The molecule has 0 aromatic heterocycles. The first-order chi connectivity index (χ1) is 6.94. The molecule has 0 amide bonds. The summed E-state index contributed by atoms with van der Waals surface area (Å²) in [6, 6.07) is 5.65. The van der Waals surface area contributed by atoms with Gasteiger partial charge in [-0.25, -0.2) is 0 Å². The minimum atomic E-state index is -0.243. The van der Waals surface area contributed by atoms with Crippen molar-refractivity contribution in [3.63, 3.8) is 0 Å². The average Bonchev–Trinajstić information content (AvgIpc) is 2.20. The van der Waals surface area contributed by atoms with E-state index >= 15 is 0 Å². The zero-order valence-electron chi connectivity index (χ0n) is 9.38. The summed E-state index contributed by atoms with van der Waals surface area (Å²) in [7, 11) is 0. The number of aryl methyl sites for hydroxylation is 1. The van der Waals surface area contributed by atoms with Crippen LogP contribution in [0, 0.1) is 12.3 Å². The maximum Gasteiger partial charge on any atom is 0.138 e. The highest BCUT2D eigenvalue weighted by Gasteiger charge is 2.18. The lowest BCUT2D eigenvalue weighted by molar-refractivity contribution is 0.0976. The van der Waals surface area contributed by atoms with Gasteiger partial charge in [0.25, 0.3) is 0 Å². The Morgan fingerprint density at radius 2 is 2.07 bits per heavy atom. The second kappa shape index (κ2) is 4.86. The van der Waals surface area contributed by atoms with Gasteiger partial charge >= 0.3 is 0 Å². The third kappa shape index (κ3) is 3.73. The van der Waals surface area contributed by atoms with Crippen molar-refractivity contribution in [2.75, 3.05) is 13.2 Å². The van der Waals surface area contributed by atoms with Crippen molar-refractivity contribution in [2.45, 2.75) is 20.8 Å². The van der Waals surface area contributed by atoms with Crippen molar-refractivity contribution < 1.29 is 9.84 Å². The quantitative estimate of drug-likeness (QED) is 0.859. The van der Waals surface area contributed by atoms with Crippen LogP contribution in [0.1, 0.15) is 19.4 Å². The molecule has 0 aliphatic heterocycles. The molecule has 0 fully saturated rings. The fourth-order valence-corrected chi connectivity index (χ4v) is 1.21. The molecule has 84 valence electrons. The molecule has 3 heteroatoms. The monoisotopic (exact) mass is 228 g/mol. The number of benzene rings is 1. The van der Waals surface area contributed by atoms with Crippen molar-refractivity contribution in [1.29, 1.82) is 0 Å². The van der Waals surface area contributed by atoms with Gasteiger partial charge in [0.1, 0.15) is 5.75 Å². The van der Waals surface area contributed by atoms with Crippen LogP contribution in [-0.4, -0.2) is 18.3 Å². The molecular formula is C12H17ClO2. The molecule has 0 atom stereocenters. The van der Waals surface area contributed by atoms with Crippen molar-refractivity contribution in [3.05, 3.63) is 28.8 Å². The van der Waals surface area contributed by atoms with E-state index in [1.165, 1.54) is 0 Å². The first-order valence-electron chi connectivity index (χ1n) is 4.94. The second-order valence-electron chi connectivity index (χ2n) is 4.54. The van der Waals surface area contributed by atoms with Crippen molar-refractivity contribution in [2.24, 2.45) is 5.41 Å². The molecule has 1 aromatic rings. The molecule has 15 heavy (non-hydrogen) atoms. The zero-order chi connectivity index (χ0) is 11.5. The van der Waals surface area contributed by atoms with Gasteiger partial charge in [0.15, 0.2) is 0 Å². The molecule has 0 saturated heterocycles. The predicted octanol–water partition coefficient (Wildman–Crippen LogP) is 3.05. The van der Waals surface area contributed by atoms with Crippen LogP contribution in [0.3, 0.4) is 0 Å². The normalized spacial score (nSPS) is 11.5. The van der Waals surface area contributed by atoms with Crippen LogP contribution in [0.25, 0.3) is 0 Å². The van der Waals surface area contributed by atoms with Gasteiger partial charge < -0.3 is 9.84 Å². The van der Waals surface area contributed by atoms with Crippen molar-refractivity contribution in [1.82, 2.24) is 0 Å². The molecule has 1 rings (SSSR count). The third-order valence-electron chi connectivity index (χ3n) is 2.13. The summed E-state index contributed by atoms with van der Waals surface area (Å²) in [5, 5.41) is 9.69. The Labute approximate surface area is 95.8 Å². The summed E-state index contributed by atoms with van der Waals surface area (Å²) in [6.07, 6.45) is 0. The van der Waals surface area contributed by atoms with E-state index < -0.39 is 0 Å². The number of halogens is 1. The van der Waals surface area contributed by atoms with E-state index in [1.54, 1.807) is 0 Å². The molecule has 0 bridgehead atoms. The summed E-state index contributed by atoms with van der Waals surface area (Å²) in [5.41, 5.74) is 0.865. The Kier molecular flexibility index (Phi) is 4.00. The molecule has 0 unspecified atom stereocenters. The van der Waals surface area contributed by atoms with Gasteiger partial charge in [-0.1, -0.05) is 31.5 Å². The number of aliphatic hydroxyl groups excluding tert-OH is 1. The summed E-state index contributed by atoms with van der Waals surface area (Å²) in [5.74, 6) is 0.679. The Balaban J connectivity index is 2.69. The van der Waals surface area contributed by atoms with Crippen molar-refractivity contribution in [3.8, 4) is 5.75 Å². The van der Waals surface area contributed by atoms with Crippen LogP contribution in [0.5, 0.6) is 5.75 Å². The minimum Gasteiger partial charge on any atom is -0.491 e. The average molecular weight is 229 g/mol. The van der Waals surface area contributed by atoms with E-state index in [-0.39, 0.29) is 12.0 Å². The van der Waals surface area contributed by atoms with E-state index in [0.29, 0.717) is 17.4 Å². The van der Waals surface area contributed by atoms with Gasteiger partial charge in [-0.05, 0) is 24.6 Å². The molecule has 0 heterocycles. The molecule has 1 N–H and O–H groups in total. The molecule has 1 aromatic carbocycles. The number of hydrogen-bond acceptors (Lipinski definition) is 2. The Morgan fingerprint density at radius 3 is 2.67 bits per heavy atom. The lowest BCUT2D eigenvalue weighted by Gasteiger charge is -2.22. The van der Waals surface area contributed by atoms with E-state index in [1.807, 2.05) is 39.0 Å². The lowest BCUT2D eigenvalue weighted by atomic mass is 9.96. The van der Waals surface area contributed by atoms with Gasteiger partial charge in [-0.2, -0.15) is 0 Å². The fraction of sp³-hybridized carbons (Fsp3) is 0.500. The molecule has 2 nitrogen and oxygen atoms in total. The Hall–Kier alpha value is -0.730. The van der Waals surface area contributed by atoms with E-state index in [0.717, 1.165) is 5.56 Å². The van der Waals surface area contributed by atoms with Crippen LogP contribution < -0.4 is 4.74 Å². The molecule has 0 aliphatic carbocycles. The molecule has 0 spiro atoms. The maximum atomic E-state index is 9.08. The number of aliphatic hydroxyl groups is 1. The Bertz CT molecular complexity index is 334. The van der Waals surface area contributed by atoms with E-state index in [2.05, 4.69) is 0 Å². The molecular weight excluding hydrogens is 212 g/mol. The van der Waals surface area contributed by atoms with Crippen LogP contribution in [0.15, 0.2) is 18.2 Å². The highest BCUT2D eigenvalue weighted by Crippen LogP contribution is 2.27. The zero-order valence-corrected chi connectivity index (χ0v) is 10.1. The van der Waals surface area contributed by atoms with Crippen LogP contribution in [0.4, 0.5) is 0 Å². The smallest absolute Gasteiger partial charge is 0.138 e. The van der Waals surface area contributed by atoms with Crippen LogP contribution in [-0.2, 0) is 0 Å². The first-order valence-corrected chi connectivity index (χ1v) is 5.32. The van der Waals surface area contributed by atoms with E-state index in [4.69, 9.17) is 21.4 Å². The summed E-state index contributed by atoms with van der Waals surface area (Å²) in [4.78, 5) is 0. The van der Waals surface area contributed by atoms with Gasteiger partial charge in [0.05, 0.1) is 18.2 Å². The third-order valence-corrected chi connectivity index (χ3v) is 2.45. The number of hydrogen-bond donors (Lipinski definition) is 1.